The lowest BCUT2D eigenvalue weighted by Gasteiger charge is -2.22. The first kappa shape index (κ1) is 15.0. The highest BCUT2D eigenvalue weighted by molar-refractivity contribution is 5.29. The molecule has 1 aromatic rings. The van der Waals surface area contributed by atoms with Crippen molar-refractivity contribution < 1.29 is 9.47 Å². The molecule has 2 nitrogen and oxygen atoms in total. The zero-order chi connectivity index (χ0) is 13.6. The van der Waals surface area contributed by atoms with Gasteiger partial charge in [0.05, 0.1) is 12.2 Å². The van der Waals surface area contributed by atoms with Crippen LogP contribution in [0.1, 0.15) is 52.0 Å². The zero-order valence-electron chi connectivity index (χ0n) is 12.3. The lowest BCUT2D eigenvalue weighted by molar-refractivity contribution is 0.00545. The first-order chi connectivity index (χ1) is 8.48. The largest absolute Gasteiger partial charge is 0.493 e. The maximum Gasteiger partial charge on any atom is 0.119 e. The van der Waals surface area contributed by atoms with Crippen LogP contribution >= 0.6 is 0 Å². The molecule has 0 N–H and O–H groups in total. The lowest BCUT2D eigenvalue weighted by Crippen LogP contribution is -2.25. The SMILES string of the molecule is CCC(C)c1ccc(OCCC(C)(C)OC)cc1. The molecule has 18 heavy (non-hydrogen) atoms. The highest BCUT2D eigenvalue weighted by Gasteiger charge is 2.15. The molecule has 102 valence electrons. The van der Waals surface area contributed by atoms with Crippen LogP contribution in [0.15, 0.2) is 24.3 Å². The molecule has 0 radical (unpaired) electrons. The Morgan fingerprint density at radius 2 is 1.78 bits per heavy atom. The van der Waals surface area contributed by atoms with E-state index < -0.39 is 0 Å². The molecule has 0 spiro atoms. The van der Waals surface area contributed by atoms with Crippen LogP contribution in [0.3, 0.4) is 0 Å². The van der Waals surface area contributed by atoms with Crippen LogP contribution in [0, 0.1) is 0 Å². The van der Waals surface area contributed by atoms with Crippen molar-refractivity contribution in [1.82, 2.24) is 0 Å². The van der Waals surface area contributed by atoms with Crippen molar-refractivity contribution in [3.8, 4) is 5.75 Å². The highest BCUT2D eigenvalue weighted by Crippen LogP contribution is 2.22. The summed E-state index contributed by atoms with van der Waals surface area (Å²) in [6, 6.07) is 8.43. The van der Waals surface area contributed by atoms with E-state index in [1.807, 2.05) is 0 Å². The Kier molecular flexibility index (Phi) is 5.67. The van der Waals surface area contributed by atoms with Crippen molar-refractivity contribution in [3.63, 3.8) is 0 Å². The minimum atomic E-state index is -0.114. The summed E-state index contributed by atoms with van der Waals surface area (Å²) >= 11 is 0. The van der Waals surface area contributed by atoms with E-state index >= 15 is 0 Å². The third kappa shape index (κ3) is 4.69. The summed E-state index contributed by atoms with van der Waals surface area (Å²) in [6.45, 7) is 9.28. The third-order valence-electron chi connectivity index (χ3n) is 3.59. The molecule has 0 aliphatic rings. The highest BCUT2D eigenvalue weighted by atomic mass is 16.5. The zero-order valence-corrected chi connectivity index (χ0v) is 12.3. The molecule has 0 aromatic heterocycles. The molecule has 1 aromatic carbocycles. The molecule has 0 heterocycles. The monoisotopic (exact) mass is 250 g/mol. The number of hydrogen-bond acceptors (Lipinski definition) is 2. The number of methoxy groups -OCH3 is 1. The van der Waals surface area contributed by atoms with E-state index in [1.54, 1.807) is 7.11 Å². The molecule has 0 aliphatic carbocycles. The van der Waals surface area contributed by atoms with E-state index in [2.05, 4.69) is 52.0 Å². The lowest BCUT2D eigenvalue weighted by atomic mass is 9.99. The summed E-state index contributed by atoms with van der Waals surface area (Å²) in [6.07, 6.45) is 2.05. The smallest absolute Gasteiger partial charge is 0.119 e. The second kappa shape index (κ2) is 6.79. The number of ether oxygens (including phenoxy) is 2. The maximum absolute atomic E-state index is 5.73. The van der Waals surface area contributed by atoms with Crippen molar-refractivity contribution in [1.29, 1.82) is 0 Å². The standard InChI is InChI=1S/C16H26O2/c1-6-13(2)14-7-9-15(10-8-14)18-12-11-16(3,4)17-5/h7-10,13H,6,11-12H2,1-5H3. The topological polar surface area (TPSA) is 18.5 Å². The Morgan fingerprint density at radius 3 is 2.28 bits per heavy atom. The van der Waals surface area contributed by atoms with E-state index in [-0.39, 0.29) is 5.60 Å². The molecule has 2 heteroatoms. The van der Waals surface area contributed by atoms with Gasteiger partial charge in [-0.1, -0.05) is 26.0 Å². The van der Waals surface area contributed by atoms with Crippen molar-refractivity contribution in [2.45, 2.75) is 52.1 Å². The van der Waals surface area contributed by atoms with Crippen molar-refractivity contribution >= 4 is 0 Å². The summed E-state index contributed by atoms with van der Waals surface area (Å²) in [7, 11) is 1.74. The molecule has 0 saturated heterocycles. The van der Waals surface area contributed by atoms with Gasteiger partial charge in [0.1, 0.15) is 5.75 Å². The van der Waals surface area contributed by atoms with Crippen LogP contribution in [0.4, 0.5) is 0 Å². The first-order valence-corrected chi connectivity index (χ1v) is 6.76. The molecule has 0 saturated carbocycles. The van der Waals surface area contributed by atoms with Gasteiger partial charge in [0.15, 0.2) is 0 Å². The molecular weight excluding hydrogens is 224 g/mol. The van der Waals surface area contributed by atoms with Crippen molar-refractivity contribution in [3.05, 3.63) is 29.8 Å². The van der Waals surface area contributed by atoms with Crippen LogP contribution in [0.25, 0.3) is 0 Å². The number of benzene rings is 1. The quantitative estimate of drug-likeness (QED) is 0.714. The predicted octanol–water partition coefficient (Wildman–Crippen LogP) is 4.39. The molecule has 1 atom stereocenters. The molecule has 0 fully saturated rings. The fourth-order valence-corrected chi connectivity index (χ4v) is 1.65. The van der Waals surface area contributed by atoms with Crippen molar-refractivity contribution in [2.24, 2.45) is 0 Å². The fraction of sp³-hybridized carbons (Fsp3) is 0.625. The Bertz CT molecular complexity index is 341. The summed E-state index contributed by atoms with van der Waals surface area (Å²) in [4.78, 5) is 0. The molecule has 0 amide bonds. The van der Waals surface area contributed by atoms with Crippen LogP contribution in [-0.2, 0) is 4.74 Å². The van der Waals surface area contributed by atoms with Crippen LogP contribution in [-0.4, -0.2) is 19.3 Å². The Labute approximate surface area is 111 Å². The van der Waals surface area contributed by atoms with E-state index in [9.17, 15) is 0 Å². The second-order valence-corrected chi connectivity index (χ2v) is 5.44. The van der Waals surface area contributed by atoms with Gasteiger partial charge < -0.3 is 9.47 Å². The normalized spacial score (nSPS) is 13.4. The van der Waals surface area contributed by atoms with Gasteiger partial charge in [-0.2, -0.15) is 0 Å². The number of rotatable bonds is 7. The van der Waals surface area contributed by atoms with Gasteiger partial charge in [0, 0.05) is 13.5 Å². The average Bonchev–Trinajstić information content (AvgIpc) is 2.38. The van der Waals surface area contributed by atoms with Crippen LogP contribution < -0.4 is 4.74 Å². The fourth-order valence-electron chi connectivity index (χ4n) is 1.65. The van der Waals surface area contributed by atoms with Crippen LogP contribution in [0.5, 0.6) is 5.75 Å². The summed E-state index contributed by atoms with van der Waals surface area (Å²) < 4.78 is 11.1. The van der Waals surface area contributed by atoms with Crippen molar-refractivity contribution in [2.75, 3.05) is 13.7 Å². The Hall–Kier alpha value is -1.02. The van der Waals surface area contributed by atoms with Gasteiger partial charge in [0.25, 0.3) is 0 Å². The molecule has 1 unspecified atom stereocenters. The van der Waals surface area contributed by atoms with Gasteiger partial charge >= 0.3 is 0 Å². The molecular formula is C16H26O2. The Morgan fingerprint density at radius 1 is 1.17 bits per heavy atom. The summed E-state index contributed by atoms with van der Waals surface area (Å²) in [5.74, 6) is 1.56. The minimum absolute atomic E-state index is 0.114. The first-order valence-electron chi connectivity index (χ1n) is 6.76. The van der Waals surface area contributed by atoms with E-state index in [0.29, 0.717) is 12.5 Å². The molecule has 0 aliphatic heterocycles. The van der Waals surface area contributed by atoms with Gasteiger partial charge in [-0.15, -0.1) is 0 Å². The van der Waals surface area contributed by atoms with Gasteiger partial charge in [0.2, 0.25) is 0 Å². The summed E-state index contributed by atoms with van der Waals surface area (Å²) in [5, 5.41) is 0. The average molecular weight is 250 g/mol. The van der Waals surface area contributed by atoms with Gasteiger partial charge in [-0.25, -0.2) is 0 Å². The van der Waals surface area contributed by atoms with E-state index in [1.165, 1.54) is 12.0 Å². The predicted molar refractivity (Wildman–Crippen MR) is 76.3 cm³/mol. The third-order valence-corrected chi connectivity index (χ3v) is 3.59. The number of hydrogen-bond donors (Lipinski definition) is 0. The molecule has 0 bridgehead atoms. The second-order valence-electron chi connectivity index (χ2n) is 5.44. The summed E-state index contributed by atoms with van der Waals surface area (Å²) in [5.41, 5.74) is 1.26. The van der Waals surface area contributed by atoms with Gasteiger partial charge in [-0.3, -0.25) is 0 Å². The Balaban J connectivity index is 2.45. The van der Waals surface area contributed by atoms with Crippen LogP contribution in [0.2, 0.25) is 0 Å². The minimum Gasteiger partial charge on any atom is -0.493 e. The molecule has 1 rings (SSSR count). The maximum atomic E-state index is 5.73. The van der Waals surface area contributed by atoms with E-state index in [0.717, 1.165) is 12.2 Å². The van der Waals surface area contributed by atoms with Gasteiger partial charge in [-0.05, 0) is 43.9 Å². The van der Waals surface area contributed by atoms with E-state index in [4.69, 9.17) is 9.47 Å².